The standard InChI is InChI=1S/C6H9NS3/c1-5(2)10-6(8)9-4-3-7/h5H,4H2,1-2H3. The highest BCUT2D eigenvalue weighted by atomic mass is 32.2. The van der Waals surface area contributed by atoms with Crippen LogP contribution in [0.25, 0.3) is 0 Å². The van der Waals surface area contributed by atoms with E-state index in [2.05, 4.69) is 13.8 Å². The van der Waals surface area contributed by atoms with Gasteiger partial charge in [-0.2, -0.15) is 5.26 Å². The van der Waals surface area contributed by atoms with Crippen molar-refractivity contribution in [1.82, 2.24) is 0 Å². The van der Waals surface area contributed by atoms with Crippen LogP contribution in [-0.4, -0.2) is 14.5 Å². The van der Waals surface area contributed by atoms with Crippen molar-refractivity contribution in [2.45, 2.75) is 19.1 Å². The Balaban J connectivity index is 3.37. The predicted octanol–water partition coefficient (Wildman–Crippen LogP) is 2.67. The van der Waals surface area contributed by atoms with Gasteiger partial charge < -0.3 is 0 Å². The molecular formula is C6H9NS3. The van der Waals surface area contributed by atoms with Gasteiger partial charge in [0.05, 0.1) is 11.8 Å². The first-order chi connectivity index (χ1) is 4.66. The topological polar surface area (TPSA) is 23.8 Å². The summed E-state index contributed by atoms with van der Waals surface area (Å²) in [4.78, 5) is 0. The van der Waals surface area contributed by atoms with Crippen LogP contribution in [0.3, 0.4) is 0 Å². The third kappa shape index (κ3) is 6.40. The van der Waals surface area contributed by atoms with E-state index in [1.165, 1.54) is 11.8 Å². The van der Waals surface area contributed by atoms with E-state index >= 15 is 0 Å². The lowest BCUT2D eigenvalue weighted by Gasteiger charge is -2.02. The van der Waals surface area contributed by atoms with E-state index in [1.807, 2.05) is 6.07 Å². The van der Waals surface area contributed by atoms with E-state index in [0.29, 0.717) is 11.0 Å². The second-order valence-electron chi connectivity index (χ2n) is 1.86. The maximum Gasteiger partial charge on any atom is 0.105 e. The Labute approximate surface area is 75.6 Å². The lowest BCUT2D eigenvalue weighted by atomic mass is 10.6. The SMILES string of the molecule is CC(C)SC(=S)SCC#N. The first kappa shape index (κ1) is 10.3. The minimum atomic E-state index is 0.471. The van der Waals surface area contributed by atoms with Crippen molar-refractivity contribution in [3.05, 3.63) is 0 Å². The molecule has 0 fully saturated rings. The third-order valence-electron chi connectivity index (χ3n) is 0.586. The van der Waals surface area contributed by atoms with Crippen molar-refractivity contribution in [2.24, 2.45) is 0 Å². The largest absolute Gasteiger partial charge is 0.197 e. The third-order valence-corrected chi connectivity index (χ3v) is 3.04. The van der Waals surface area contributed by atoms with Gasteiger partial charge in [-0.05, 0) is 0 Å². The number of hydrogen-bond acceptors (Lipinski definition) is 4. The van der Waals surface area contributed by atoms with Gasteiger partial charge in [-0.25, -0.2) is 0 Å². The molecule has 0 unspecified atom stereocenters. The highest BCUT2D eigenvalue weighted by Crippen LogP contribution is 2.20. The van der Waals surface area contributed by atoms with Crippen LogP contribution in [-0.2, 0) is 0 Å². The number of hydrogen-bond donors (Lipinski definition) is 0. The zero-order valence-corrected chi connectivity index (χ0v) is 8.41. The van der Waals surface area contributed by atoms with Crippen molar-refractivity contribution >= 4 is 39.3 Å². The van der Waals surface area contributed by atoms with E-state index in [4.69, 9.17) is 17.5 Å². The molecule has 0 saturated carbocycles. The molecule has 0 spiro atoms. The van der Waals surface area contributed by atoms with Crippen LogP contribution in [0.4, 0.5) is 0 Å². The molecule has 0 saturated heterocycles. The summed E-state index contributed by atoms with van der Waals surface area (Å²) >= 11 is 8.05. The molecule has 0 bridgehead atoms. The van der Waals surface area contributed by atoms with Gasteiger partial charge >= 0.3 is 0 Å². The number of thiocarbonyl (C=S) groups is 1. The highest BCUT2D eigenvalue weighted by molar-refractivity contribution is 8.47. The van der Waals surface area contributed by atoms with Gasteiger partial charge in [0.1, 0.15) is 3.53 Å². The zero-order chi connectivity index (χ0) is 7.98. The quantitative estimate of drug-likeness (QED) is 0.626. The molecule has 0 aliphatic heterocycles. The van der Waals surface area contributed by atoms with Crippen molar-refractivity contribution in [3.63, 3.8) is 0 Å². The van der Waals surface area contributed by atoms with Crippen molar-refractivity contribution in [2.75, 3.05) is 5.75 Å². The molecule has 0 aliphatic rings. The van der Waals surface area contributed by atoms with Gasteiger partial charge in [0.15, 0.2) is 0 Å². The van der Waals surface area contributed by atoms with Crippen LogP contribution >= 0.6 is 35.7 Å². The molecule has 0 aromatic heterocycles. The minimum Gasteiger partial charge on any atom is -0.197 e. The molecule has 56 valence electrons. The van der Waals surface area contributed by atoms with Crippen LogP contribution in [0.5, 0.6) is 0 Å². The molecule has 0 N–H and O–H groups in total. The van der Waals surface area contributed by atoms with Gasteiger partial charge in [-0.3, -0.25) is 0 Å². The Morgan fingerprint density at radius 3 is 2.70 bits per heavy atom. The molecule has 0 aliphatic carbocycles. The first-order valence-electron chi connectivity index (χ1n) is 2.87. The van der Waals surface area contributed by atoms with Gasteiger partial charge in [0, 0.05) is 5.25 Å². The van der Waals surface area contributed by atoms with Gasteiger partial charge in [0.25, 0.3) is 0 Å². The number of rotatable bonds is 2. The van der Waals surface area contributed by atoms with E-state index in [-0.39, 0.29) is 0 Å². The van der Waals surface area contributed by atoms with Crippen LogP contribution in [0.1, 0.15) is 13.8 Å². The molecule has 4 heteroatoms. The maximum atomic E-state index is 8.21. The lowest BCUT2D eigenvalue weighted by Crippen LogP contribution is -1.91. The zero-order valence-electron chi connectivity index (χ0n) is 5.96. The second-order valence-corrected chi connectivity index (χ2v) is 5.62. The molecule has 0 radical (unpaired) electrons. The van der Waals surface area contributed by atoms with E-state index < -0.39 is 0 Å². The van der Waals surface area contributed by atoms with E-state index in [1.54, 1.807) is 11.8 Å². The second kappa shape index (κ2) is 6.02. The highest BCUT2D eigenvalue weighted by Gasteiger charge is 2.00. The van der Waals surface area contributed by atoms with Crippen molar-refractivity contribution in [3.8, 4) is 6.07 Å². The Morgan fingerprint density at radius 1 is 1.70 bits per heavy atom. The van der Waals surface area contributed by atoms with Gasteiger partial charge in [0.2, 0.25) is 0 Å². The Kier molecular flexibility index (Phi) is 6.19. The smallest absolute Gasteiger partial charge is 0.105 e. The first-order valence-corrected chi connectivity index (χ1v) is 5.14. The summed E-state index contributed by atoms with van der Waals surface area (Å²) in [5, 5.41) is 8.74. The van der Waals surface area contributed by atoms with Crippen molar-refractivity contribution < 1.29 is 0 Å². The summed E-state index contributed by atoms with van der Waals surface area (Å²) in [7, 11) is 0. The summed E-state index contributed by atoms with van der Waals surface area (Å²) in [6.07, 6.45) is 0. The monoisotopic (exact) mass is 191 g/mol. The fraction of sp³-hybridized carbons (Fsp3) is 0.667. The molecule has 0 atom stereocenters. The average molecular weight is 191 g/mol. The van der Waals surface area contributed by atoms with Gasteiger partial charge in [-0.1, -0.05) is 37.8 Å². The number of thioether (sulfide) groups is 2. The fourth-order valence-corrected chi connectivity index (χ4v) is 2.67. The molecule has 10 heavy (non-hydrogen) atoms. The lowest BCUT2D eigenvalue weighted by molar-refractivity contribution is 1.12. The molecule has 0 aromatic carbocycles. The molecular weight excluding hydrogens is 182 g/mol. The molecule has 1 nitrogen and oxygen atoms in total. The van der Waals surface area contributed by atoms with Crippen LogP contribution in [0.2, 0.25) is 0 Å². The van der Waals surface area contributed by atoms with Crippen LogP contribution in [0.15, 0.2) is 0 Å². The van der Waals surface area contributed by atoms with Gasteiger partial charge in [-0.15, -0.1) is 11.8 Å². The van der Waals surface area contributed by atoms with Crippen LogP contribution < -0.4 is 0 Å². The molecule has 0 amide bonds. The normalized spacial score (nSPS) is 9.40. The number of nitrogens with zero attached hydrogens (tertiary/aromatic N) is 1. The van der Waals surface area contributed by atoms with Crippen LogP contribution in [0, 0.1) is 11.3 Å². The summed E-state index contributed by atoms with van der Waals surface area (Å²) in [6, 6.07) is 2.03. The predicted molar refractivity (Wildman–Crippen MR) is 53.4 cm³/mol. The maximum absolute atomic E-state index is 8.21. The fourth-order valence-electron chi connectivity index (χ4n) is 0.318. The molecule has 0 heterocycles. The van der Waals surface area contributed by atoms with E-state index in [9.17, 15) is 0 Å². The molecule has 0 rings (SSSR count). The summed E-state index contributed by atoms with van der Waals surface area (Å²) < 4.78 is 0.872. The number of nitriles is 1. The van der Waals surface area contributed by atoms with Crippen molar-refractivity contribution in [1.29, 1.82) is 5.26 Å². The Morgan fingerprint density at radius 2 is 2.30 bits per heavy atom. The summed E-state index contributed by atoms with van der Waals surface area (Å²) in [5.74, 6) is 0.471. The minimum absolute atomic E-state index is 0.471. The summed E-state index contributed by atoms with van der Waals surface area (Å²) in [6.45, 7) is 4.17. The van der Waals surface area contributed by atoms with E-state index in [0.717, 1.165) is 3.53 Å². The summed E-state index contributed by atoms with van der Waals surface area (Å²) in [5.41, 5.74) is 0. The average Bonchev–Trinajstić information content (AvgIpc) is 1.82. The Hall–Kier alpha value is 0.280. The molecule has 0 aromatic rings. The Bertz CT molecular complexity index is 148.